The van der Waals surface area contributed by atoms with E-state index in [9.17, 15) is 9.90 Å². The lowest BCUT2D eigenvalue weighted by Gasteiger charge is -2.59. The second kappa shape index (κ2) is 8.75. The second-order valence-corrected chi connectivity index (χ2v) is 13.1. The first-order valence-electron chi connectivity index (χ1n) is 13.6. The Morgan fingerprint density at radius 3 is 2.62 bits per heavy atom. The van der Waals surface area contributed by atoms with Gasteiger partial charge in [-0.3, -0.25) is 4.79 Å². The summed E-state index contributed by atoms with van der Waals surface area (Å²) in [7, 11) is 0. The maximum atomic E-state index is 11.6. The zero-order chi connectivity index (χ0) is 23.3. The van der Waals surface area contributed by atoms with Crippen molar-refractivity contribution in [3.63, 3.8) is 0 Å². The van der Waals surface area contributed by atoms with Gasteiger partial charge in [-0.25, -0.2) is 0 Å². The van der Waals surface area contributed by atoms with E-state index in [2.05, 4.69) is 40.7 Å². The Kier molecular flexibility index (Phi) is 6.64. The maximum Gasteiger partial charge on any atom is 0.302 e. The van der Waals surface area contributed by atoms with Crippen molar-refractivity contribution < 1.29 is 14.6 Å². The first kappa shape index (κ1) is 24.3. The average molecular weight is 445 g/mol. The highest BCUT2D eigenvalue weighted by Gasteiger charge is 2.61. The molecular weight excluding hydrogens is 396 g/mol. The lowest BCUT2D eigenvalue weighted by atomic mass is 9.46. The van der Waals surface area contributed by atoms with Gasteiger partial charge in [0.2, 0.25) is 0 Å². The van der Waals surface area contributed by atoms with Gasteiger partial charge in [-0.2, -0.15) is 0 Å². The summed E-state index contributed by atoms with van der Waals surface area (Å²) < 4.78 is 5.60. The molecule has 8 atom stereocenters. The van der Waals surface area contributed by atoms with Gasteiger partial charge in [0.15, 0.2) is 0 Å². The summed E-state index contributed by atoms with van der Waals surface area (Å²) in [6.45, 7) is 13.3. The largest absolute Gasteiger partial charge is 0.462 e. The van der Waals surface area contributed by atoms with E-state index in [0.29, 0.717) is 11.8 Å². The molecule has 5 unspecified atom stereocenters. The fourth-order valence-corrected chi connectivity index (χ4v) is 9.03. The lowest BCUT2D eigenvalue weighted by Crippen LogP contribution is -2.53. The molecule has 0 heterocycles. The van der Waals surface area contributed by atoms with E-state index >= 15 is 0 Å². The predicted octanol–water partition coefficient (Wildman–Crippen LogP) is 7.07. The molecule has 0 bridgehead atoms. The van der Waals surface area contributed by atoms with E-state index in [1.807, 2.05) is 0 Å². The third-order valence-electron chi connectivity index (χ3n) is 10.6. The molecule has 0 aliphatic heterocycles. The van der Waals surface area contributed by atoms with E-state index in [1.165, 1.54) is 45.4 Å². The summed E-state index contributed by atoms with van der Waals surface area (Å²) in [6.07, 6.45) is 15.2. The average Bonchev–Trinajstić information content (AvgIpc) is 3.05. The SMILES string of the molecule is CC(=O)O[C@H]1CC[C@@]2(C)C(=CCC3C4CCC(C(C)(O)CCCC(C)C)[C@@]4(C)CCC32)C1. The highest BCUT2D eigenvalue weighted by Crippen LogP contribution is 2.67. The van der Waals surface area contributed by atoms with Crippen LogP contribution in [0.3, 0.4) is 0 Å². The van der Waals surface area contributed by atoms with Gasteiger partial charge in [0.25, 0.3) is 0 Å². The number of carbonyl (C=O) groups excluding carboxylic acids is 1. The van der Waals surface area contributed by atoms with Crippen molar-refractivity contribution in [3.05, 3.63) is 11.6 Å². The van der Waals surface area contributed by atoms with Crippen molar-refractivity contribution in [1.29, 1.82) is 0 Å². The molecule has 3 nitrogen and oxygen atoms in total. The van der Waals surface area contributed by atoms with Crippen molar-refractivity contribution in [2.45, 2.75) is 124 Å². The standard InChI is InChI=1S/C29H48O3/c1-19(2)8-7-15-29(6,31)26-12-11-24-23-10-9-21-18-22(32-20(3)30)13-16-27(21,4)25(23)14-17-28(24,26)5/h9,19,22-26,31H,7-8,10-18H2,1-6H3/t22-,23?,24?,25?,26?,27-,28-,29?/m0/s1. The number of rotatable bonds is 6. The van der Waals surface area contributed by atoms with Crippen LogP contribution in [0.1, 0.15) is 112 Å². The molecule has 3 heteroatoms. The van der Waals surface area contributed by atoms with Crippen LogP contribution in [0.15, 0.2) is 11.6 Å². The topological polar surface area (TPSA) is 46.5 Å². The van der Waals surface area contributed by atoms with Crippen molar-refractivity contribution in [2.24, 2.45) is 40.4 Å². The van der Waals surface area contributed by atoms with E-state index in [0.717, 1.165) is 49.9 Å². The van der Waals surface area contributed by atoms with Gasteiger partial charge in [-0.05, 0) is 98.7 Å². The van der Waals surface area contributed by atoms with Crippen LogP contribution >= 0.6 is 0 Å². The quantitative estimate of drug-likeness (QED) is 0.352. The number of allylic oxidation sites excluding steroid dienone is 1. The van der Waals surface area contributed by atoms with Gasteiger partial charge < -0.3 is 9.84 Å². The van der Waals surface area contributed by atoms with E-state index in [1.54, 1.807) is 5.57 Å². The van der Waals surface area contributed by atoms with E-state index in [4.69, 9.17) is 4.74 Å². The Bertz CT molecular complexity index is 737. The molecule has 1 N–H and O–H groups in total. The number of hydrogen-bond donors (Lipinski definition) is 1. The van der Waals surface area contributed by atoms with Crippen LogP contribution in [-0.4, -0.2) is 22.8 Å². The summed E-state index contributed by atoms with van der Waals surface area (Å²) in [5.41, 5.74) is 1.58. The number of hydrogen-bond acceptors (Lipinski definition) is 3. The van der Waals surface area contributed by atoms with Gasteiger partial charge in [-0.15, -0.1) is 0 Å². The summed E-state index contributed by atoms with van der Waals surface area (Å²) in [5.74, 6) is 3.26. The summed E-state index contributed by atoms with van der Waals surface area (Å²) >= 11 is 0. The van der Waals surface area contributed by atoms with Crippen LogP contribution < -0.4 is 0 Å². The Morgan fingerprint density at radius 1 is 1.19 bits per heavy atom. The Morgan fingerprint density at radius 2 is 1.94 bits per heavy atom. The van der Waals surface area contributed by atoms with Crippen LogP contribution in [0, 0.1) is 40.4 Å². The molecule has 3 saturated carbocycles. The monoisotopic (exact) mass is 444 g/mol. The fourth-order valence-electron chi connectivity index (χ4n) is 9.03. The normalized spacial score (nSPS) is 43.0. The minimum absolute atomic E-state index is 0.0778. The molecule has 0 saturated heterocycles. The highest BCUT2D eigenvalue weighted by molar-refractivity contribution is 5.66. The third-order valence-corrected chi connectivity index (χ3v) is 10.6. The molecule has 4 rings (SSSR count). The predicted molar refractivity (Wildman–Crippen MR) is 130 cm³/mol. The zero-order valence-electron chi connectivity index (χ0n) is 21.6. The molecule has 0 amide bonds. The fraction of sp³-hybridized carbons (Fsp3) is 0.897. The van der Waals surface area contributed by atoms with Gasteiger partial charge in [0, 0.05) is 13.3 Å². The highest BCUT2D eigenvalue weighted by atomic mass is 16.5. The molecule has 0 radical (unpaired) electrons. The second-order valence-electron chi connectivity index (χ2n) is 13.1. The summed E-state index contributed by atoms with van der Waals surface area (Å²) in [6, 6.07) is 0. The number of aliphatic hydroxyl groups is 1. The summed E-state index contributed by atoms with van der Waals surface area (Å²) in [4.78, 5) is 11.5. The molecule has 182 valence electrons. The number of fused-ring (bicyclic) bond motifs is 5. The van der Waals surface area contributed by atoms with Crippen LogP contribution in [0.5, 0.6) is 0 Å². The maximum absolute atomic E-state index is 11.6. The number of esters is 1. The van der Waals surface area contributed by atoms with E-state index in [-0.39, 0.29) is 22.9 Å². The van der Waals surface area contributed by atoms with Crippen LogP contribution in [0.25, 0.3) is 0 Å². The molecule has 0 aromatic rings. The van der Waals surface area contributed by atoms with Crippen molar-refractivity contribution >= 4 is 5.97 Å². The number of ether oxygens (including phenoxy) is 1. The Labute approximate surface area is 196 Å². The molecule has 0 spiro atoms. The van der Waals surface area contributed by atoms with Crippen LogP contribution in [0.2, 0.25) is 0 Å². The molecule has 4 aliphatic carbocycles. The molecule has 3 fully saturated rings. The van der Waals surface area contributed by atoms with Gasteiger partial charge in [0.1, 0.15) is 6.10 Å². The summed E-state index contributed by atoms with van der Waals surface area (Å²) in [5, 5.41) is 11.6. The van der Waals surface area contributed by atoms with Crippen molar-refractivity contribution in [3.8, 4) is 0 Å². The molecular formula is C29H48O3. The molecule has 32 heavy (non-hydrogen) atoms. The van der Waals surface area contributed by atoms with Crippen molar-refractivity contribution in [1.82, 2.24) is 0 Å². The smallest absolute Gasteiger partial charge is 0.302 e. The van der Waals surface area contributed by atoms with Crippen LogP contribution in [-0.2, 0) is 9.53 Å². The molecule has 4 aliphatic rings. The minimum Gasteiger partial charge on any atom is -0.462 e. The van der Waals surface area contributed by atoms with Gasteiger partial charge >= 0.3 is 5.97 Å². The minimum atomic E-state index is -0.535. The van der Waals surface area contributed by atoms with Gasteiger partial charge in [0.05, 0.1) is 5.60 Å². The van der Waals surface area contributed by atoms with Gasteiger partial charge in [-0.1, -0.05) is 52.2 Å². The van der Waals surface area contributed by atoms with Crippen molar-refractivity contribution in [2.75, 3.05) is 0 Å². The Hall–Kier alpha value is -0.830. The zero-order valence-corrected chi connectivity index (χ0v) is 21.6. The Balaban J connectivity index is 1.50. The molecule has 0 aromatic heterocycles. The van der Waals surface area contributed by atoms with Crippen LogP contribution in [0.4, 0.5) is 0 Å². The first-order chi connectivity index (χ1) is 15.0. The third kappa shape index (κ3) is 4.21. The van der Waals surface area contributed by atoms with E-state index < -0.39 is 5.60 Å². The first-order valence-corrected chi connectivity index (χ1v) is 13.6. The molecule has 0 aromatic carbocycles. The lowest BCUT2D eigenvalue weighted by molar-refractivity contribution is -0.149. The number of carbonyl (C=O) groups is 1.